The molecule has 0 aliphatic heterocycles. The molecular weight excluding hydrogens is 377 g/mol. The summed E-state index contributed by atoms with van der Waals surface area (Å²) < 4.78 is 34.3. The molecule has 25 heavy (non-hydrogen) atoms. The van der Waals surface area contributed by atoms with Crippen molar-refractivity contribution < 1.29 is 18.3 Å². The number of pyridine rings is 1. The van der Waals surface area contributed by atoms with Crippen LogP contribution in [0.25, 0.3) is 0 Å². The molecule has 1 aromatic carbocycles. The van der Waals surface area contributed by atoms with E-state index >= 15 is 0 Å². The Kier molecular flexibility index (Phi) is 6.91. The van der Waals surface area contributed by atoms with Crippen molar-refractivity contribution in [2.24, 2.45) is 5.11 Å². The minimum absolute atomic E-state index is 0.0457. The zero-order valence-corrected chi connectivity index (χ0v) is 14.1. The van der Waals surface area contributed by atoms with Crippen molar-refractivity contribution in [1.29, 1.82) is 5.53 Å². The van der Waals surface area contributed by atoms with Gasteiger partial charge in [-0.3, -0.25) is 4.98 Å². The third-order valence-electron chi connectivity index (χ3n) is 2.81. The molecule has 0 saturated carbocycles. The lowest BCUT2D eigenvalue weighted by molar-refractivity contribution is -0.0497. The number of alkyl halides is 2. The van der Waals surface area contributed by atoms with Crippen molar-refractivity contribution in [3.63, 3.8) is 0 Å². The van der Waals surface area contributed by atoms with Gasteiger partial charge in [-0.2, -0.15) is 13.9 Å². The highest BCUT2D eigenvalue weighted by Crippen LogP contribution is 2.29. The van der Waals surface area contributed by atoms with Crippen LogP contribution in [0.2, 0.25) is 10.0 Å². The predicted octanol–water partition coefficient (Wildman–Crippen LogP) is 5.35. The molecular formula is C15H12Cl2F2N4O2. The van der Waals surface area contributed by atoms with Gasteiger partial charge < -0.3 is 14.8 Å². The normalized spacial score (nSPS) is 11.3. The summed E-state index contributed by atoms with van der Waals surface area (Å²) in [5.41, 5.74) is 7.80. The quantitative estimate of drug-likeness (QED) is 0.597. The van der Waals surface area contributed by atoms with Crippen molar-refractivity contribution in [2.45, 2.75) is 6.61 Å². The van der Waals surface area contributed by atoms with Gasteiger partial charge in [-0.05, 0) is 18.2 Å². The molecule has 0 aliphatic carbocycles. The third kappa shape index (κ3) is 5.84. The molecule has 1 heterocycles. The van der Waals surface area contributed by atoms with E-state index in [-0.39, 0.29) is 23.1 Å². The maximum Gasteiger partial charge on any atom is 0.387 e. The van der Waals surface area contributed by atoms with Gasteiger partial charge in [-0.1, -0.05) is 23.2 Å². The van der Waals surface area contributed by atoms with Crippen LogP contribution in [0.3, 0.4) is 0 Å². The second kappa shape index (κ2) is 9.14. The Balaban J connectivity index is 2.03. The van der Waals surface area contributed by atoms with Crippen LogP contribution in [-0.4, -0.2) is 18.2 Å². The Hall–Kier alpha value is -2.45. The van der Waals surface area contributed by atoms with Crippen LogP contribution in [0.5, 0.6) is 11.5 Å². The van der Waals surface area contributed by atoms with Gasteiger partial charge in [-0.15, -0.1) is 0 Å². The number of anilines is 1. The second-order valence-corrected chi connectivity index (χ2v) is 5.32. The molecule has 0 atom stereocenters. The monoisotopic (exact) mass is 388 g/mol. The fourth-order valence-corrected chi connectivity index (χ4v) is 1.99. The zero-order chi connectivity index (χ0) is 18.2. The van der Waals surface area contributed by atoms with E-state index in [4.69, 9.17) is 33.5 Å². The third-order valence-corrected chi connectivity index (χ3v) is 3.43. The molecule has 0 amide bonds. The van der Waals surface area contributed by atoms with Gasteiger partial charge >= 0.3 is 6.61 Å². The van der Waals surface area contributed by atoms with Crippen LogP contribution < -0.4 is 14.8 Å². The Morgan fingerprint density at radius 2 is 2.04 bits per heavy atom. The molecule has 0 radical (unpaired) electrons. The zero-order valence-electron chi connectivity index (χ0n) is 12.5. The molecule has 0 unspecified atom stereocenters. The number of ether oxygens (including phenoxy) is 2. The van der Waals surface area contributed by atoms with Crippen LogP contribution in [0, 0.1) is 5.53 Å². The maximum absolute atomic E-state index is 12.3. The standard InChI is InChI=1S/C15H12Cl2F2N4O2/c16-11-2-1-9(5-13(11)25-15(18)19)22-6-10(23-20)8-24-14-7-21-4-3-12(14)17/h1-7,15,20,22H,8H2/b10-6-,23-20?. The van der Waals surface area contributed by atoms with Gasteiger partial charge in [0.25, 0.3) is 0 Å². The summed E-state index contributed by atoms with van der Waals surface area (Å²) in [6.45, 7) is -3.03. The van der Waals surface area contributed by atoms with Crippen LogP contribution >= 0.6 is 23.2 Å². The first-order valence-corrected chi connectivity index (χ1v) is 7.55. The van der Waals surface area contributed by atoms with Crippen molar-refractivity contribution in [3.8, 4) is 11.5 Å². The number of hydrogen-bond acceptors (Lipinski definition) is 6. The van der Waals surface area contributed by atoms with E-state index in [1.54, 1.807) is 12.1 Å². The summed E-state index contributed by atoms with van der Waals surface area (Å²) in [7, 11) is 0. The molecule has 2 rings (SSSR count). The molecule has 0 fully saturated rings. The smallest absolute Gasteiger partial charge is 0.387 e. The molecule has 0 saturated heterocycles. The van der Waals surface area contributed by atoms with Gasteiger partial charge in [-0.25, -0.2) is 5.53 Å². The van der Waals surface area contributed by atoms with Crippen molar-refractivity contribution >= 4 is 28.9 Å². The summed E-state index contributed by atoms with van der Waals surface area (Å²) >= 11 is 11.7. The molecule has 2 aromatic rings. The number of aromatic nitrogens is 1. The van der Waals surface area contributed by atoms with E-state index in [9.17, 15) is 8.78 Å². The predicted molar refractivity (Wildman–Crippen MR) is 89.7 cm³/mol. The highest BCUT2D eigenvalue weighted by Gasteiger charge is 2.09. The largest absolute Gasteiger partial charge is 0.484 e. The number of benzene rings is 1. The number of hydrogen-bond donors (Lipinski definition) is 2. The van der Waals surface area contributed by atoms with Crippen LogP contribution in [-0.2, 0) is 0 Å². The Morgan fingerprint density at radius 3 is 2.72 bits per heavy atom. The van der Waals surface area contributed by atoms with Gasteiger partial charge in [0, 0.05) is 24.2 Å². The van der Waals surface area contributed by atoms with Crippen molar-refractivity contribution in [3.05, 3.63) is 58.6 Å². The van der Waals surface area contributed by atoms with Crippen LogP contribution in [0.4, 0.5) is 14.5 Å². The minimum atomic E-state index is -2.99. The number of nitrogens with one attached hydrogen (secondary N) is 2. The molecule has 132 valence electrons. The van der Waals surface area contributed by atoms with E-state index in [0.29, 0.717) is 16.5 Å². The second-order valence-electron chi connectivity index (χ2n) is 4.51. The van der Waals surface area contributed by atoms with E-state index in [0.717, 1.165) is 0 Å². The summed E-state index contributed by atoms with van der Waals surface area (Å²) in [6, 6.07) is 5.82. The highest BCUT2D eigenvalue weighted by atomic mass is 35.5. The summed E-state index contributed by atoms with van der Waals surface area (Å²) in [6.07, 6.45) is 4.33. The van der Waals surface area contributed by atoms with Gasteiger partial charge in [0.05, 0.1) is 16.2 Å². The molecule has 0 bridgehead atoms. The van der Waals surface area contributed by atoms with Gasteiger partial charge in [0.15, 0.2) is 5.75 Å². The highest BCUT2D eigenvalue weighted by molar-refractivity contribution is 6.32. The minimum Gasteiger partial charge on any atom is -0.484 e. The fraction of sp³-hybridized carbons (Fsp3) is 0.133. The molecule has 2 N–H and O–H groups in total. The van der Waals surface area contributed by atoms with E-state index in [1.807, 2.05) is 0 Å². The average molecular weight is 389 g/mol. The first-order valence-electron chi connectivity index (χ1n) is 6.79. The maximum atomic E-state index is 12.3. The number of rotatable bonds is 8. The molecule has 0 spiro atoms. The average Bonchev–Trinajstić information content (AvgIpc) is 2.58. The summed E-state index contributed by atoms with van der Waals surface area (Å²) in [5, 5.41) is 6.54. The lowest BCUT2D eigenvalue weighted by Crippen LogP contribution is -2.04. The SMILES string of the molecule is N=N/C(=C\Nc1ccc(Cl)c(OC(F)F)c1)COc1cnccc1Cl. The Labute approximate surface area is 151 Å². The first kappa shape index (κ1) is 18.9. The van der Waals surface area contributed by atoms with Gasteiger partial charge in [0.2, 0.25) is 0 Å². The summed E-state index contributed by atoms with van der Waals surface area (Å²) in [4.78, 5) is 3.87. The van der Waals surface area contributed by atoms with Crippen LogP contribution in [0.1, 0.15) is 0 Å². The molecule has 0 aliphatic rings. The van der Waals surface area contributed by atoms with Crippen LogP contribution in [0.15, 0.2) is 53.7 Å². The Morgan fingerprint density at radius 1 is 1.28 bits per heavy atom. The van der Waals surface area contributed by atoms with Crippen molar-refractivity contribution in [2.75, 3.05) is 11.9 Å². The lowest BCUT2D eigenvalue weighted by atomic mass is 10.3. The number of nitrogens with zero attached hydrogens (tertiary/aromatic N) is 2. The Bertz CT molecular complexity index is 775. The van der Waals surface area contributed by atoms with E-state index in [2.05, 4.69) is 20.2 Å². The first-order chi connectivity index (χ1) is 12.0. The van der Waals surface area contributed by atoms with E-state index < -0.39 is 6.61 Å². The van der Waals surface area contributed by atoms with E-state index in [1.165, 1.54) is 30.7 Å². The fourth-order valence-electron chi connectivity index (χ4n) is 1.67. The number of halogens is 4. The van der Waals surface area contributed by atoms with Gasteiger partial charge in [0.1, 0.15) is 18.1 Å². The molecule has 6 nitrogen and oxygen atoms in total. The topological polar surface area (TPSA) is 79.6 Å². The van der Waals surface area contributed by atoms with Crippen molar-refractivity contribution in [1.82, 2.24) is 4.98 Å². The lowest BCUT2D eigenvalue weighted by Gasteiger charge is -2.10. The summed E-state index contributed by atoms with van der Waals surface area (Å²) in [5.74, 6) is 0.177. The molecule has 10 heteroatoms. The molecule has 1 aromatic heterocycles.